The third kappa shape index (κ3) is 3.05. The van der Waals surface area contributed by atoms with E-state index >= 15 is 0 Å². The van der Waals surface area contributed by atoms with Crippen LogP contribution in [0.25, 0.3) is 33.5 Å². The third-order valence-corrected chi connectivity index (χ3v) is 5.32. The molecule has 0 atom stereocenters. The van der Waals surface area contributed by atoms with Gasteiger partial charge < -0.3 is 19.4 Å². The molecule has 2 N–H and O–H groups in total. The van der Waals surface area contributed by atoms with Crippen molar-refractivity contribution in [3.63, 3.8) is 0 Å². The maximum absolute atomic E-state index is 13.3. The van der Waals surface area contributed by atoms with Crippen LogP contribution in [0.5, 0.6) is 11.5 Å². The lowest BCUT2D eigenvalue weighted by Gasteiger charge is -2.11. The summed E-state index contributed by atoms with van der Waals surface area (Å²) >= 11 is 0. The lowest BCUT2D eigenvalue weighted by atomic mass is 10.0. The summed E-state index contributed by atoms with van der Waals surface area (Å²) in [6.07, 6.45) is 4.77. The first-order valence-electron chi connectivity index (χ1n) is 9.82. The van der Waals surface area contributed by atoms with Crippen LogP contribution in [-0.4, -0.2) is 31.3 Å². The Kier molecular flexibility index (Phi) is 4.59. The van der Waals surface area contributed by atoms with Gasteiger partial charge in [0.25, 0.3) is 5.56 Å². The van der Waals surface area contributed by atoms with Crippen LogP contribution < -0.4 is 16.0 Å². The number of aromatic nitrogens is 4. The number of para-hydroxylation sites is 1. The molecule has 32 heavy (non-hydrogen) atoms. The SMILES string of the molecule is COc1cccc(-c2ccc(-n3ccc4[nH]c(=O)n(-c5cccnc5)c(=O)c43)cc2)c1O. The molecule has 8 nitrogen and oxygen atoms in total. The van der Waals surface area contributed by atoms with Crippen molar-refractivity contribution in [3.8, 4) is 34.0 Å². The zero-order valence-corrected chi connectivity index (χ0v) is 17.0. The summed E-state index contributed by atoms with van der Waals surface area (Å²) in [5.74, 6) is 0.453. The summed E-state index contributed by atoms with van der Waals surface area (Å²) < 4.78 is 7.97. The number of phenols is 1. The summed E-state index contributed by atoms with van der Waals surface area (Å²) in [7, 11) is 1.50. The minimum atomic E-state index is -0.530. The van der Waals surface area contributed by atoms with Gasteiger partial charge in [0.05, 0.1) is 24.5 Å². The first kappa shape index (κ1) is 19.4. The Balaban J connectivity index is 1.63. The lowest BCUT2D eigenvalue weighted by Crippen LogP contribution is -2.34. The van der Waals surface area contributed by atoms with Gasteiger partial charge in [-0.05, 0) is 42.0 Å². The molecule has 5 aromatic rings. The molecule has 0 saturated carbocycles. The second kappa shape index (κ2) is 7.59. The predicted molar refractivity (Wildman–Crippen MR) is 121 cm³/mol. The van der Waals surface area contributed by atoms with E-state index in [2.05, 4.69) is 9.97 Å². The van der Waals surface area contributed by atoms with Crippen molar-refractivity contribution in [1.29, 1.82) is 0 Å². The van der Waals surface area contributed by atoms with E-state index in [1.165, 1.54) is 13.3 Å². The summed E-state index contributed by atoms with van der Waals surface area (Å²) in [6.45, 7) is 0. The smallest absolute Gasteiger partial charge is 0.333 e. The molecule has 0 fully saturated rings. The minimum Gasteiger partial charge on any atom is -0.504 e. The van der Waals surface area contributed by atoms with E-state index in [4.69, 9.17) is 4.74 Å². The fourth-order valence-corrected chi connectivity index (χ4v) is 3.78. The standard InChI is InChI=1S/C24H18N4O4/c1-32-20-6-2-5-18(22(20)29)15-7-9-16(10-8-15)27-13-11-19-21(27)23(30)28(24(31)26-19)17-4-3-12-25-14-17/h2-14,29H,1H3,(H,26,31). The van der Waals surface area contributed by atoms with Gasteiger partial charge in [-0.25, -0.2) is 9.36 Å². The van der Waals surface area contributed by atoms with E-state index in [9.17, 15) is 14.7 Å². The number of pyridine rings is 1. The van der Waals surface area contributed by atoms with Gasteiger partial charge in [-0.1, -0.05) is 24.3 Å². The first-order chi connectivity index (χ1) is 15.6. The van der Waals surface area contributed by atoms with E-state index in [-0.39, 0.29) is 5.75 Å². The molecule has 0 bridgehead atoms. The van der Waals surface area contributed by atoms with Crippen molar-refractivity contribution in [2.45, 2.75) is 0 Å². The summed E-state index contributed by atoms with van der Waals surface area (Å²) in [5.41, 5.74) is 2.35. The topological polar surface area (TPSA) is 102 Å². The number of aromatic hydroxyl groups is 1. The maximum Gasteiger partial charge on any atom is 0.333 e. The van der Waals surface area contributed by atoms with Crippen LogP contribution in [0, 0.1) is 0 Å². The molecule has 2 aromatic carbocycles. The Morgan fingerprint density at radius 1 is 0.969 bits per heavy atom. The Morgan fingerprint density at radius 3 is 2.50 bits per heavy atom. The highest BCUT2D eigenvalue weighted by Gasteiger charge is 2.15. The summed E-state index contributed by atoms with van der Waals surface area (Å²) in [6, 6.07) is 17.7. The monoisotopic (exact) mass is 426 g/mol. The molecule has 0 saturated heterocycles. The number of aromatic amines is 1. The van der Waals surface area contributed by atoms with Gasteiger partial charge in [0.15, 0.2) is 11.5 Å². The minimum absolute atomic E-state index is 0.0612. The van der Waals surface area contributed by atoms with E-state index in [0.29, 0.717) is 28.0 Å². The number of ether oxygens (including phenoxy) is 1. The van der Waals surface area contributed by atoms with Crippen molar-refractivity contribution in [2.24, 2.45) is 0 Å². The molecule has 5 rings (SSSR count). The number of hydrogen-bond donors (Lipinski definition) is 2. The molecule has 8 heteroatoms. The van der Waals surface area contributed by atoms with Crippen molar-refractivity contribution in [3.05, 3.63) is 100 Å². The molecule has 0 unspecified atom stereocenters. The van der Waals surface area contributed by atoms with Gasteiger partial charge >= 0.3 is 5.69 Å². The van der Waals surface area contributed by atoms with Crippen LogP contribution in [0.4, 0.5) is 0 Å². The highest BCUT2D eigenvalue weighted by atomic mass is 16.5. The van der Waals surface area contributed by atoms with Crippen LogP contribution in [0.1, 0.15) is 0 Å². The number of fused-ring (bicyclic) bond motifs is 1. The van der Waals surface area contributed by atoms with Crippen LogP contribution >= 0.6 is 0 Å². The molecule has 0 spiro atoms. The second-order valence-electron chi connectivity index (χ2n) is 7.13. The number of phenolic OH excluding ortho intramolecular Hbond substituents is 1. The molecular weight excluding hydrogens is 408 g/mol. The fourth-order valence-electron chi connectivity index (χ4n) is 3.78. The highest BCUT2D eigenvalue weighted by Crippen LogP contribution is 2.37. The summed E-state index contributed by atoms with van der Waals surface area (Å²) in [4.78, 5) is 32.5. The Bertz CT molecular complexity index is 1550. The fraction of sp³-hybridized carbons (Fsp3) is 0.0417. The van der Waals surface area contributed by atoms with Crippen molar-refractivity contribution in [2.75, 3.05) is 7.11 Å². The van der Waals surface area contributed by atoms with Gasteiger partial charge in [-0.2, -0.15) is 0 Å². The van der Waals surface area contributed by atoms with Gasteiger partial charge in [0.1, 0.15) is 5.52 Å². The number of methoxy groups -OCH3 is 1. The number of rotatable bonds is 4. The molecule has 0 amide bonds. The van der Waals surface area contributed by atoms with E-state index < -0.39 is 11.2 Å². The molecule has 0 aliphatic heterocycles. The van der Waals surface area contributed by atoms with E-state index in [0.717, 1.165) is 15.8 Å². The van der Waals surface area contributed by atoms with E-state index in [1.54, 1.807) is 53.4 Å². The first-order valence-corrected chi connectivity index (χ1v) is 9.82. The molecule has 0 aliphatic carbocycles. The van der Waals surface area contributed by atoms with Crippen molar-refractivity contribution < 1.29 is 9.84 Å². The molecular formula is C24H18N4O4. The zero-order chi connectivity index (χ0) is 22.2. The number of H-pyrrole nitrogens is 1. The zero-order valence-electron chi connectivity index (χ0n) is 17.0. The van der Waals surface area contributed by atoms with Crippen molar-refractivity contribution in [1.82, 2.24) is 19.1 Å². The molecule has 3 aromatic heterocycles. The van der Waals surface area contributed by atoms with Crippen molar-refractivity contribution >= 4 is 11.0 Å². The molecule has 0 aliphatic rings. The Morgan fingerprint density at radius 2 is 1.78 bits per heavy atom. The quantitative estimate of drug-likeness (QED) is 0.459. The third-order valence-electron chi connectivity index (χ3n) is 5.32. The molecule has 0 radical (unpaired) electrons. The number of benzene rings is 2. The predicted octanol–water partition coefficient (Wildman–Crippen LogP) is 3.25. The van der Waals surface area contributed by atoms with E-state index in [1.807, 2.05) is 24.3 Å². The molecule has 3 heterocycles. The van der Waals surface area contributed by atoms with Crippen LogP contribution in [0.15, 0.2) is 88.8 Å². The number of nitrogens with zero attached hydrogens (tertiary/aromatic N) is 3. The average molecular weight is 426 g/mol. The Labute approximate surface area is 181 Å². The highest BCUT2D eigenvalue weighted by molar-refractivity contribution is 5.78. The maximum atomic E-state index is 13.3. The Hall–Kier alpha value is -4.59. The largest absolute Gasteiger partial charge is 0.504 e. The van der Waals surface area contributed by atoms with Crippen LogP contribution in [0.3, 0.4) is 0 Å². The van der Waals surface area contributed by atoms with Gasteiger partial charge in [0.2, 0.25) is 0 Å². The number of hydrogen-bond acceptors (Lipinski definition) is 5. The summed E-state index contributed by atoms with van der Waals surface area (Å²) in [5, 5.41) is 10.4. The average Bonchev–Trinajstić information content (AvgIpc) is 3.24. The second-order valence-corrected chi connectivity index (χ2v) is 7.13. The number of nitrogens with one attached hydrogen (secondary N) is 1. The molecule has 158 valence electrons. The van der Waals surface area contributed by atoms with Gasteiger partial charge in [0, 0.05) is 23.6 Å². The van der Waals surface area contributed by atoms with Crippen LogP contribution in [0.2, 0.25) is 0 Å². The van der Waals surface area contributed by atoms with Gasteiger partial charge in [-0.3, -0.25) is 9.78 Å². The van der Waals surface area contributed by atoms with Gasteiger partial charge in [-0.15, -0.1) is 0 Å². The normalized spacial score (nSPS) is 11.0. The van der Waals surface area contributed by atoms with Crippen LogP contribution in [-0.2, 0) is 0 Å². The lowest BCUT2D eigenvalue weighted by molar-refractivity contribution is 0.374.